The maximum atomic E-state index is 10.1. The van der Waals surface area contributed by atoms with Crippen LogP contribution in [0.1, 0.15) is 0 Å². The molecule has 4 rings (SSSR count). The zero-order valence-electron chi connectivity index (χ0n) is 13.6. The highest BCUT2D eigenvalue weighted by Gasteiger charge is 2.21. The molecule has 0 fully saturated rings. The lowest BCUT2D eigenvalue weighted by Gasteiger charge is -2.16. The van der Waals surface area contributed by atoms with Crippen LogP contribution in [0, 0.1) is 0 Å². The Balaban J connectivity index is 2.02. The molecule has 0 unspecified atom stereocenters. The first kappa shape index (κ1) is 15.6. The molecule has 0 spiro atoms. The molecular formula is C22H17BO2. The lowest BCUT2D eigenvalue weighted by molar-refractivity contribution is 0.426. The van der Waals surface area contributed by atoms with Gasteiger partial charge in [-0.05, 0) is 38.5 Å². The van der Waals surface area contributed by atoms with E-state index < -0.39 is 7.12 Å². The molecule has 4 aromatic rings. The Hall–Kier alpha value is -2.88. The summed E-state index contributed by atoms with van der Waals surface area (Å²) in [6.07, 6.45) is 0. The summed E-state index contributed by atoms with van der Waals surface area (Å²) < 4.78 is 0. The smallest absolute Gasteiger partial charge is 0.423 e. The van der Waals surface area contributed by atoms with E-state index in [0.717, 1.165) is 33.0 Å². The van der Waals surface area contributed by atoms with Gasteiger partial charge in [0.15, 0.2) is 0 Å². The molecular weight excluding hydrogens is 307 g/mol. The van der Waals surface area contributed by atoms with E-state index in [0.29, 0.717) is 5.46 Å². The second-order valence-corrected chi connectivity index (χ2v) is 6.03. The Labute approximate surface area is 147 Å². The van der Waals surface area contributed by atoms with E-state index in [1.54, 1.807) is 0 Å². The minimum Gasteiger partial charge on any atom is -0.423 e. The van der Waals surface area contributed by atoms with Crippen molar-refractivity contribution in [1.29, 1.82) is 0 Å². The van der Waals surface area contributed by atoms with Gasteiger partial charge in [0.05, 0.1) is 0 Å². The van der Waals surface area contributed by atoms with Crippen LogP contribution in [0.15, 0.2) is 91.0 Å². The van der Waals surface area contributed by atoms with Gasteiger partial charge in [0.25, 0.3) is 0 Å². The van der Waals surface area contributed by atoms with Crippen LogP contribution in [0.2, 0.25) is 0 Å². The molecule has 120 valence electrons. The number of hydrogen-bond donors (Lipinski definition) is 2. The van der Waals surface area contributed by atoms with Gasteiger partial charge in [-0.15, -0.1) is 0 Å². The molecule has 0 atom stereocenters. The summed E-state index contributed by atoms with van der Waals surface area (Å²) in [5.74, 6) is 0. The summed E-state index contributed by atoms with van der Waals surface area (Å²) in [6.45, 7) is 0. The molecule has 0 radical (unpaired) electrons. The Kier molecular flexibility index (Phi) is 4.10. The lowest BCUT2D eigenvalue weighted by atomic mass is 9.72. The maximum absolute atomic E-state index is 10.1. The van der Waals surface area contributed by atoms with Crippen LogP contribution in [0.4, 0.5) is 0 Å². The van der Waals surface area contributed by atoms with Crippen LogP contribution >= 0.6 is 0 Å². The highest BCUT2D eigenvalue weighted by atomic mass is 16.4. The Morgan fingerprint density at radius 2 is 1.16 bits per heavy atom. The van der Waals surface area contributed by atoms with Crippen LogP contribution in [0.5, 0.6) is 0 Å². The molecule has 0 saturated heterocycles. The zero-order chi connectivity index (χ0) is 17.2. The maximum Gasteiger partial charge on any atom is 0.489 e. The van der Waals surface area contributed by atoms with Crippen LogP contribution in [0.3, 0.4) is 0 Å². The molecule has 0 bridgehead atoms. The number of hydrogen-bond acceptors (Lipinski definition) is 2. The van der Waals surface area contributed by atoms with Crippen molar-refractivity contribution in [3.05, 3.63) is 91.0 Å². The molecule has 2 N–H and O–H groups in total. The van der Waals surface area contributed by atoms with Crippen LogP contribution in [-0.4, -0.2) is 17.2 Å². The monoisotopic (exact) mass is 324 g/mol. The third-order valence-electron chi connectivity index (χ3n) is 4.53. The molecule has 4 aromatic carbocycles. The van der Waals surface area contributed by atoms with E-state index >= 15 is 0 Å². The van der Waals surface area contributed by atoms with Gasteiger partial charge in [0.2, 0.25) is 0 Å². The third-order valence-corrected chi connectivity index (χ3v) is 4.53. The summed E-state index contributed by atoms with van der Waals surface area (Å²) in [5, 5.41) is 22.0. The predicted octanol–water partition coefficient (Wildman–Crippen LogP) is 3.85. The number of rotatable bonds is 3. The molecule has 0 aliphatic rings. The Morgan fingerprint density at radius 1 is 0.520 bits per heavy atom. The molecule has 0 amide bonds. The van der Waals surface area contributed by atoms with Gasteiger partial charge < -0.3 is 10.0 Å². The van der Waals surface area contributed by atoms with Crippen LogP contribution in [-0.2, 0) is 0 Å². The Bertz CT molecular complexity index is 1030. The first-order valence-corrected chi connectivity index (χ1v) is 8.28. The van der Waals surface area contributed by atoms with E-state index in [9.17, 15) is 10.0 Å². The average Bonchev–Trinajstić information content (AvgIpc) is 2.67. The van der Waals surface area contributed by atoms with Crippen LogP contribution < -0.4 is 5.46 Å². The first-order chi connectivity index (χ1) is 12.3. The van der Waals surface area contributed by atoms with Crippen molar-refractivity contribution in [3.8, 4) is 22.3 Å². The van der Waals surface area contributed by atoms with Gasteiger partial charge in [0, 0.05) is 0 Å². The normalized spacial score (nSPS) is 10.8. The van der Waals surface area contributed by atoms with Crippen molar-refractivity contribution in [2.24, 2.45) is 0 Å². The van der Waals surface area contributed by atoms with Crippen molar-refractivity contribution in [1.82, 2.24) is 0 Å². The highest BCUT2D eigenvalue weighted by Crippen LogP contribution is 2.32. The third kappa shape index (κ3) is 2.84. The predicted molar refractivity (Wildman–Crippen MR) is 105 cm³/mol. The fourth-order valence-electron chi connectivity index (χ4n) is 3.40. The van der Waals surface area contributed by atoms with Gasteiger partial charge in [0.1, 0.15) is 0 Å². The largest absolute Gasteiger partial charge is 0.489 e. The quantitative estimate of drug-likeness (QED) is 0.562. The van der Waals surface area contributed by atoms with E-state index in [2.05, 4.69) is 18.2 Å². The average molecular weight is 324 g/mol. The van der Waals surface area contributed by atoms with E-state index in [1.807, 2.05) is 72.8 Å². The summed E-state index contributed by atoms with van der Waals surface area (Å²) in [7, 11) is -1.54. The molecule has 0 aromatic heterocycles. The van der Waals surface area contributed by atoms with Gasteiger partial charge in [-0.2, -0.15) is 0 Å². The fraction of sp³-hybridized carbons (Fsp3) is 0. The van der Waals surface area contributed by atoms with Crippen molar-refractivity contribution in [2.75, 3.05) is 0 Å². The number of benzene rings is 4. The summed E-state index contributed by atoms with van der Waals surface area (Å²) >= 11 is 0. The molecule has 25 heavy (non-hydrogen) atoms. The summed E-state index contributed by atoms with van der Waals surface area (Å²) in [4.78, 5) is 0. The van der Waals surface area contributed by atoms with Gasteiger partial charge in [-0.1, -0.05) is 91.0 Å². The molecule has 0 heterocycles. The lowest BCUT2D eigenvalue weighted by Crippen LogP contribution is -2.32. The number of fused-ring (bicyclic) bond motifs is 1. The van der Waals surface area contributed by atoms with E-state index in [1.165, 1.54) is 0 Å². The zero-order valence-corrected chi connectivity index (χ0v) is 13.6. The van der Waals surface area contributed by atoms with Gasteiger partial charge in [-0.3, -0.25) is 0 Å². The van der Waals surface area contributed by atoms with Gasteiger partial charge >= 0.3 is 7.12 Å². The molecule has 0 aliphatic heterocycles. The van der Waals surface area contributed by atoms with Crippen molar-refractivity contribution < 1.29 is 10.0 Å². The Morgan fingerprint density at radius 3 is 1.92 bits per heavy atom. The van der Waals surface area contributed by atoms with Crippen molar-refractivity contribution in [2.45, 2.75) is 0 Å². The highest BCUT2D eigenvalue weighted by molar-refractivity contribution is 6.64. The minimum atomic E-state index is -1.54. The summed E-state index contributed by atoms with van der Waals surface area (Å²) in [5.41, 5.74) is 4.54. The SMILES string of the molecule is OB(O)c1c(-c2ccccc2-c2ccccc2)ccc2ccccc12. The molecule has 3 heteroatoms. The van der Waals surface area contributed by atoms with Crippen LogP contribution in [0.25, 0.3) is 33.0 Å². The summed E-state index contributed by atoms with van der Waals surface area (Å²) in [6, 6.07) is 30.0. The molecule has 0 aliphatic carbocycles. The van der Waals surface area contributed by atoms with Gasteiger partial charge in [-0.25, -0.2) is 0 Å². The fourth-order valence-corrected chi connectivity index (χ4v) is 3.40. The van der Waals surface area contributed by atoms with E-state index in [-0.39, 0.29) is 0 Å². The second-order valence-electron chi connectivity index (χ2n) is 6.03. The minimum absolute atomic E-state index is 0.543. The second kappa shape index (κ2) is 6.56. The van der Waals surface area contributed by atoms with Crippen molar-refractivity contribution >= 4 is 23.4 Å². The molecule has 2 nitrogen and oxygen atoms in total. The first-order valence-electron chi connectivity index (χ1n) is 8.28. The molecule has 0 saturated carbocycles. The standard InChI is InChI=1S/C22H17BO2/c24-23(25)22-19-12-5-4-10-17(19)14-15-21(22)20-13-7-6-11-18(20)16-8-2-1-3-9-16/h1-15,24-25H. The van der Waals surface area contributed by atoms with E-state index in [4.69, 9.17) is 0 Å². The van der Waals surface area contributed by atoms with Crippen molar-refractivity contribution in [3.63, 3.8) is 0 Å². The topological polar surface area (TPSA) is 40.5 Å².